The lowest BCUT2D eigenvalue weighted by molar-refractivity contribution is 0.0686. The first kappa shape index (κ1) is 34.8. The standard InChI is InChI=1S/C33H25FN10O7S/c1-51-27-13-21(33(49)50)26(38-31(46)24-3-5-29(42-40-24)44-9-7-36-17-44)11-19(27)15-52-14-18-10-25(20(32(47)48)12-22(18)34)37-30(45)23-2-4-28(41-39-23)43-8-6-35-16-43/h2-13,16-17H,14-15H2,1H3,(H,37,45)(H,38,46)(H,47,48)(H,49,50). The molecule has 0 saturated carbocycles. The zero-order chi connectivity index (χ0) is 36.8. The van der Waals surface area contributed by atoms with Crippen molar-refractivity contribution in [1.82, 2.24) is 39.5 Å². The molecule has 17 nitrogen and oxygen atoms in total. The Morgan fingerprint density at radius 3 is 1.67 bits per heavy atom. The Hall–Kier alpha value is -7.02. The minimum atomic E-state index is -1.46. The van der Waals surface area contributed by atoms with E-state index in [9.17, 15) is 29.4 Å². The second kappa shape index (κ2) is 15.3. The van der Waals surface area contributed by atoms with Crippen LogP contribution in [0.15, 0.2) is 86.0 Å². The van der Waals surface area contributed by atoms with Gasteiger partial charge in [0.05, 0.1) is 29.6 Å². The van der Waals surface area contributed by atoms with E-state index in [1.165, 1.54) is 67.9 Å². The Bertz CT molecular complexity index is 2270. The summed E-state index contributed by atoms with van der Waals surface area (Å²) in [7, 11) is 1.35. The van der Waals surface area contributed by atoms with Gasteiger partial charge in [0.2, 0.25) is 0 Å². The number of rotatable bonds is 13. The molecule has 0 aliphatic rings. The zero-order valence-electron chi connectivity index (χ0n) is 26.8. The minimum absolute atomic E-state index is 0.00159. The van der Waals surface area contributed by atoms with E-state index in [0.717, 1.165) is 6.07 Å². The van der Waals surface area contributed by atoms with Gasteiger partial charge in [-0.15, -0.1) is 20.4 Å². The summed E-state index contributed by atoms with van der Waals surface area (Å²) in [6, 6.07) is 10.6. The molecular formula is C33H25FN10O7S. The number of thioether (sulfide) groups is 1. The van der Waals surface area contributed by atoms with Crippen LogP contribution in [0, 0.1) is 5.82 Å². The molecule has 0 atom stereocenters. The fourth-order valence-electron chi connectivity index (χ4n) is 4.82. The number of anilines is 2. The van der Waals surface area contributed by atoms with E-state index >= 15 is 4.39 Å². The van der Waals surface area contributed by atoms with Crippen LogP contribution >= 0.6 is 11.8 Å². The average molecular weight is 725 g/mol. The number of halogens is 1. The van der Waals surface area contributed by atoms with E-state index in [-0.39, 0.29) is 51.1 Å². The number of carbonyl (C=O) groups is 4. The van der Waals surface area contributed by atoms with Crippen molar-refractivity contribution < 1.29 is 38.5 Å². The number of aromatic carboxylic acids is 2. The van der Waals surface area contributed by atoms with Crippen molar-refractivity contribution in [2.24, 2.45) is 0 Å². The van der Waals surface area contributed by atoms with Gasteiger partial charge in [0.15, 0.2) is 23.0 Å². The van der Waals surface area contributed by atoms with E-state index < -0.39 is 35.1 Å². The summed E-state index contributed by atoms with van der Waals surface area (Å²) in [6.07, 6.45) is 9.40. The number of ether oxygens (including phenoxy) is 1. The van der Waals surface area contributed by atoms with Gasteiger partial charge in [-0.25, -0.2) is 23.9 Å². The van der Waals surface area contributed by atoms with Gasteiger partial charge in [0, 0.05) is 41.9 Å². The number of aromatic nitrogens is 8. The second-order valence-electron chi connectivity index (χ2n) is 10.7. The van der Waals surface area contributed by atoms with Gasteiger partial charge in [-0.05, 0) is 54.1 Å². The summed E-state index contributed by atoms with van der Waals surface area (Å²) in [6.45, 7) is 0. The molecule has 6 aromatic rings. The molecule has 6 rings (SSSR count). The molecule has 2 aromatic carbocycles. The molecule has 262 valence electrons. The fourth-order valence-corrected chi connectivity index (χ4v) is 5.81. The number of hydrogen-bond acceptors (Lipinski definition) is 12. The third kappa shape index (κ3) is 7.73. The first-order valence-electron chi connectivity index (χ1n) is 15.0. The Balaban J connectivity index is 1.18. The Labute approximate surface area is 296 Å². The number of nitrogens with one attached hydrogen (secondary N) is 2. The number of methoxy groups -OCH3 is 1. The van der Waals surface area contributed by atoms with Crippen LogP contribution in [0.5, 0.6) is 5.75 Å². The highest BCUT2D eigenvalue weighted by Crippen LogP contribution is 2.33. The lowest BCUT2D eigenvalue weighted by Gasteiger charge is -2.15. The Kier molecular flexibility index (Phi) is 10.2. The number of carboxylic acid groups (broad SMARTS) is 2. The second-order valence-corrected chi connectivity index (χ2v) is 11.7. The van der Waals surface area contributed by atoms with Crippen LogP contribution in [0.2, 0.25) is 0 Å². The molecule has 4 aromatic heterocycles. The predicted octanol–water partition coefficient (Wildman–Crippen LogP) is 4.12. The van der Waals surface area contributed by atoms with Crippen LogP contribution in [0.3, 0.4) is 0 Å². The van der Waals surface area contributed by atoms with E-state index in [2.05, 4.69) is 41.0 Å². The van der Waals surface area contributed by atoms with Crippen molar-refractivity contribution in [1.29, 1.82) is 0 Å². The van der Waals surface area contributed by atoms with Crippen LogP contribution in [0.1, 0.15) is 52.8 Å². The van der Waals surface area contributed by atoms with E-state index in [4.69, 9.17) is 4.74 Å². The molecule has 4 N–H and O–H groups in total. The molecule has 0 fully saturated rings. The van der Waals surface area contributed by atoms with Crippen molar-refractivity contribution in [2.75, 3.05) is 17.7 Å². The van der Waals surface area contributed by atoms with Crippen molar-refractivity contribution in [3.05, 3.63) is 125 Å². The molecular weight excluding hydrogens is 699 g/mol. The summed E-state index contributed by atoms with van der Waals surface area (Å²) in [5.74, 6) is -3.95. The minimum Gasteiger partial charge on any atom is -0.496 e. The summed E-state index contributed by atoms with van der Waals surface area (Å²) in [5.41, 5.74) is -0.592. The van der Waals surface area contributed by atoms with Crippen molar-refractivity contribution in [3.63, 3.8) is 0 Å². The molecule has 0 saturated heterocycles. The zero-order valence-corrected chi connectivity index (χ0v) is 27.6. The SMILES string of the molecule is COc1cc(C(=O)O)c(NC(=O)c2ccc(-n3ccnc3)nn2)cc1CSCc1cc(NC(=O)c2ccc(-n3ccnc3)nn2)c(C(=O)O)cc1F. The van der Waals surface area contributed by atoms with E-state index in [1.54, 1.807) is 40.0 Å². The van der Waals surface area contributed by atoms with Gasteiger partial charge >= 0.3 is 11.9 Å². The van der Waals surface area contributed by atoms with Gasteiger partial charge < -0.3 is 25.6 Å². The highest BCUT2D eigenvalue weighted by molar-refractivity contribution is 7.97. The highest BCUT2D eigenvalue weighted by Gasteiger charge is 2.21. The maximum absolute atomic E-state index is 15.1. The lowest BCUT2D eigenvalue weighted by Crippen LogP contribution is -2.18. The lowest BCUT2D eigenvalue weighted by atomic mass is 10.1. The molecule has 2 amide bonds. The molecule has 0 radical (unpaired) electrons. The summed E-state index contributed by atoms with van der Waals surface area (Å²) >= 11 is 1.18. The van der Waals surface area contributed by atoms with Gasteiger partial charge in [0.1, 0.15) is 24.2 Å². The quantitative estimate of drug-likeness (QED) is 0.131. The molecule has 0 bridgehead atoms. The Morgan fingerprint density at radius 1 is 0.731 bits per heavy atom. The first-order valence-corrected chi connectivity index (χ1v) is 16.1. The number of imidazole rings is 2. The number of carboxylic acids is 2. The number of benzene rings is 2. The predicted molar refractivity (Wildman–Crippen MR) is 183 cm³/mol. The fraction of sp³-hybridized carbons (Fsp3) is 0.0909. The molecule has 4 heterocycles. The highest BCUT2D eigenvalue weighted by atomic mass is 32.2. The molecule has 0 spiro atoms. The molecule has 52 heavy (non-hydrogen) atoms. The van der Waals surface area contributed by atoms with Crippen molar-refractivity contribution in [2.45, 2.75) is 11.5 Å². The van der Waals surface area contributed by atoms with Crippen molar-refractivity contribution in [3.8, 4) is 17.4 Å². The van der Waals surface area contributed by atoms with E-state index in [1.807, 2.05) is 0 Å². The van der Waals surface area contributed by atoms with Gasteiger partial charge in [0.25, 0.3) is 11.8 Å². The smallest absolute Gasteiger partial charge is 0.337 e. The van der Waals surface area contributed by atoms with E-state index in [0.29, 0.717) is 17.2 Å². The molecule has 0 unspecified atom stereocenters. The third-order valence-electron chi connectivity index (χ3n) is 7.38. The number of carbonyl (C=O) groups excluding carboxylic acids is 2. The van der Waals surface area contributed by atoms with Gasteiger partial charge in [-0.2, -0.15) is 11.8 Å². The maximum atomic E-state index is 15.1. The van der Waals surface area contributed by atoms with Crippen molar-refractivity contribution >= 4 is 46.9 Å². The van der Waals surface area contributed by atoms with Gasteiger partial charge in [-0.1, -0.05) is 0 Å². The number of amides is 2. The molecule has 0 aliphatic carbocycles. The Morgan fingerprint density at radius 2 is 1.23 bits per heavy atom. The monoisotopic (exact) mass is 724 g/mol. The average Bonchev–Trinajstić information content (AvgIpc) is 3.89. The molecule has 0 aliphatic heterocycles. The van der Waals surface area contributed by atoms with Crippen LogP contribution in [0.4, 0.5) is 15.8 Å². The summed E-state index contributed by atoms with van der Waals surface area (Å²) < 4.78 is 23.7. The topological polar surface area (TPSA) is 229 Å². The largest absolute Gasteiger partial charge is 0.496 e. The normalized spacial score (nSPS) is 10.8. The molecule has 19 heteroatoms. The maximum Gasteiger partial charge on any atom is 0.337 e. The first-order chi connectivity index (χ1) is 25.1. The van der Waals surface area contributed by atoms with Crippen LogP contribution < -0.4 is 15.4 Å². The summed E-state index contributed by atoms with van der Waals surface area (Å²) in [5, 5.41) is 40.4. The summed E-state index contributed by atoms with van der Waals surface area (Å²) in [4.78, 5) is 57.9. The third-order valence-corrected chi connectivity index (χ3v) is 8.41. The van der Waals surface area contributed by atoms with Crippen LogP contribution in [-0.2, 0) is 11.5 Å². The number of nitrogens with zero attached hydrogens (tertiary/aromatic N) is 8. The van der Waals surface area contributed by atoms with Crippen LogP contribution in [-0.4, -0.2) is 80.6 Å². The number of hydrogen-bond donors (Lipinski definition) is 4. The van der Waals surface area contributed by atoms with Crippen LogP contribution in [0.25, 0.3) is 11.6 Å². The van der Waals surface area contributed by atoms with Gasteiger partial charge in [-0.3, -0.25) is 18.7 Å².